The highest BCUT2D eigenvalue weighted by Gasteiger charge is 2.19. The molecular formula is C16H15ClINO4. The molecule has 122 valence electrons. The minimum absolute atomic E-state index is 0.144. The van der Waals surface area contributed by atoms with Crippen molar-refractivity contribution in [2.24, 2.45) is 0 Å². The third kappa shape index (κ3) is 4.27. The molecule has 0 aromatic heterocycles. The number of hydroxylamine groups is 1. The van der Waals surface area contributed by atoms with Gasteiger partial charge >= 0.3 is 6.09 Å². The van der Waals surface area contributed by atoms with Crippen LogP contribution in [0.4, 0.5) is 10.5 Å². The van der Waals surface area contributed by atoms with Gasteiger partial charge in [0.05, 0.1) is 17.8 Å². The van der Waals surface area contributed by atoms with Crippen LogP contribution in [-0.4, -0.2) is 18.4 Å². The lowest BCUT2D eigenvalue weighted by Crippen LogP contribution is -2.28. The van der Waals surface area contributed by atoms with E-state index in [0.717, 1.165) is 9.13 Å². The van der Waals surface area contributed by atoms with E-state index in [1.165, 1.54) is 7.11 Å². The number of anilines is 1. The van der Waals surface area contributed by atoms with Gasteiger partial charge in [0, 0.05) is 9.13 Å². The van der Waals surface area contributed by atoms with Crippen LogP contribution in [0.25, 0.3) is 0 Å². The molecule has 0 aliphatic carbocycles. The number of aryl methyl sites for hydroxylation is 1. The van der Waals surface area contributed by atoms with Gasteiger partial charge in [0.15, 0.2) is 0 Å². The van der Waals surface area contributed by atoms with Gasteiger partial charge in [0.25, 0.3) is 0 Å². The molecule has 7 heteroatoms. The van der Waals surface area contributed by atoms with Gasteiger partial charge in [0.2, 0.25) is 0 Å². The largest absolute Gasteiger partial charge is 0.487 e. The van der Waals surface area contributed by atoms with Crippen LogP contribution >= 0.6 is 34.2 Å². The molecule has 0 aliphatic rings. The zero-order chi connectivity index (χ0) is 17.0. The molecule has 2 aromatic rings. The van der Waals surface area contributed by atoms with Crippen LogP contribution in [-0.2, 0) is 11.3 Å². The molecule has 0 saturated heterocycles. The molecular weight excluding hydrogens is 433 g/mol. The van der Waals surface area contributed by atoms with Crippen molar-refractivity contribution in [3.05, 3.63) is 56.1 Å². The van der Waals surface area contributed by atoms with Gasteiger partial charge in [-0.25, -0.2) is 4.79 Å². The lowest BCUT2D eigenvalue weighted by atomic mass is 10.2. The lowest BCUT2D eigenvalue weighted by molar-refractivity contribution is 0.140. The number of nitrogens with zero attached hydrogens (tertiary/aromatic N) is 1. The van der Waals surface area contributed by atoms with Crippen molar-refractivity contribution in [1.29, 1.82) is 0 Å². The molecule has 0 heterocycles. The molecule has 5 nitrogen and oxygen atoms in total. The zero-order valence-corrected chi connectivity index (χ0v) is 15.5. The van der Waals surface area contributed by atoms with E-state index in [-0.39, 0.29) is 6.61 Å². The first-order valence-corrected chi connectivity index (χ1v) is 8.13. The number of rotatable bonds is 4. The van der Waals surface area contributed by atoms with Crippen molar-refractivity contribution < 1.29 is 19.5 Å². The third-order valence-electron chi connectivity index (χ3n) is 3.13. The van der Waals surface area contributed by atoms with Crippen LogP contribution < -0.4 is 9.80 Å². The fourth-order valence-electron chi connectivity index (χ4n) is 1.95. The first-order chi connectivity index (χ1) is 10.9. The Hall–Kier alpha value is -1.51. The highest BCUT2D eigenvalue weighted by Crippen LogP contribution is 2.30. The Kier molecular flexibility index (Phi) is 6.09. The van der Waals surface area contributed by atoms with Crippen LogP contribution in [0.15, 0.2) is 36.4 Å². The first kappa shape index (κ1) is 17.8. The summed E-state index contributed by atoms with van der Waals surface area (Å²) in [6.07, 6.45) is -0.874. The quantitative estimate of drug-likeness (QED) is 0.416. The fourth-order valence-corrected chi connectivity index (χ4v) is 2.88. The number of carbonyl (C=O) groups is 1. The summed E-state index contributed by atoms with van der Waals surface area (Å²) in [4.78, 5) is 11.5. The van der Waals surface area contributed by atoms with E-state index >= 15 is 0 Å². The summed E-state index contributed by atoms with van der Waals surface area (Å²) < 4.78 is 11.1. The number of ether oxygens (including phenoxy) is 2. The number of amides is 1. The molecule has 0 fully saturated rings. The predicted octanol–water partition coefficient (Wildman–Crippen LogP) is 4.79. The average molecular weight is 448 g/mol. The maximum absolute atomic E-state index is 11.5. The summed E-state index contributed by atoms with van der Waals surface area (Å²) in [5, 5.41) is 10.9. The van der Waals surface area contributed by atoms with Crippen molar-refractivity contribution in [3.63, 3.8) is 0 Å². The van der Waals surface area contributed by atoms with Crippen molar-refractivity contribution in [3.8, 4) is 5.75 Å². The molecule has 0 bridgehead atoms. The van der Waals surface area contributed by atoms with E-state index in [1.807, 2.05) is 19.1 Å². The molecule has 23 heavy (non-hydrogen) atoms. The SMILES string of the molecule is COC(=O)N(O)c1cccc(I)c1COc1ccc(C)cc1Cl. The molecule has 0 saturated carbocycles. The van der Waals surface area contributed by atoms with Crippen LogP contribution in [0.1, 0.15) is 11.1 Å². The Morgan fingerprint density at radius 1 is 1.35 bits per heavy atom. The number of benzene rings is 2. The third-order valence-corrected chi connectivity index (χ3v) is 4.44. The van der Waals surface area contributed by atoms with Crippen LogP contribution in [0.5, 0.6) is 5.75 Å². The van der Waals surface area contributed by atoms with E-state index < -0.39 is 6.09 Å². The van der Waals surface area contributed by atoms with Gasteiger partial charge in [0.1, 0.15) is 12.4 Å². The second-order valence-corrected chi connectivity index (χ2v) is 6.31. The lowest BCUT2D eigenvalue weighted by Gasteiger charge is -2.19. The summed E-state index contributed by atoms with van der Waals surface area (Å²) >= 11 is 8.26. The Morgan fingerprint density at radius 3 is 2.74 bits per heavy atom. The Bertz CT molecular complexity index is 723. The normalized spacial score (nSPS) is 10.3. The summed E-state index contributed by atoms with van der Waals surface area (Å²) in [5.41, 5.74) is 1.98. The summed E-state index contributed by atoms with van der Waals surface area (Å²) in [5.74, 6) is 0.533. The molecule has 0 atom stereocenters. The van der Waals surface area contributed by atoms with E-state index in [1.54, 1.807) is 24.3 Å². The molecule has 1 N–H and O–H groups in total. The Labute approximate surface area is 152 Å². The highest BCUT2D eigenvalue weighted by atomic mass is 127. The Balaban J connectivity index is 2.27. The zero-order valence-electron chi connectivity index (χ0n) is 12.5. The highest BCUT2D eigenvalue weighted by molar-refractivity contribution is 14.1. The van der Waals surface area contributed by atoms with Crippen LogP contribution in [0.2, 0.25) is 5.02 Å². The smallest absolute Gasteiger partial charge is 0.438 e. The maximum Gasteiger partial charge on any atom is 0.438 e. The minimum Gasteiger partial charge on any atom is -0.487 e. The summed E-state index contributed by atoms with van der Waals surface area (Å²) in [6, 6.07) is 10.7. The number of halogens is 2. The molecule has 0 spiro atoms. The minimum atomic E-state index is -0.874. The monoisotopic (exact) mass is 447 g/mol. The number of hydrogen-bond donors (Lipinski definition) is 1. The molecule has 1 amide bonds. The first-order valence-electron chi connectivity index (χ1n) is 6.67. The van der Waals surface area contributed by atoms with Gasteiger partial charge in [-0.3, -0.25) is 5.21 Å². The van der Waals surface area contributed by atoms with E-state index in [9.17, 15) is 10.0 Å². The van der Waals surface area contributed by atoms with Crippen molar-refractivity contribution >= 4 is 46.0 Å². The number of carbonyl (C=O) groups excluding carboxylic acids is 1. The molecule has 0 unspecified atom stereocenters. The molecule has 0 radical (unpaired) electrons. The maximum atomic E-state index is 11.5. The number of hydrogen-bond acceptors (Lipinski definition) is 4. The van der Waals surface area contributed by atoms with Crippen molar-refractivity contribution in [1.82, 2.24) is 0 Å². The fraction of sp³-hybridized carbons (Fsp3) is 0.188. The molecule has 0 aliphatic heterocycles. The van der Waals surface area contributed by atoms with Gasteiger partial charge in [-0.05, 0) is 59.3 Å². The van der Waals surface area contributed by atoms with Crippen LogP contribution in [0, 0.1) is 10.5 Å². The average Bonchev–Trinajstić information content (AvgIpc) is 2.53. The topological polar surface area (TPSA) is 59.0 Å². The predicted molar refractivity (Wildman–Crippen MR) is 96.4 cm³/mol. The summed E-state index contributed by atoms with van der Waals surface area (Å²) in [6.45, 7) is 2.08. The second kappa shape index (κ2) is 7.85. The second-order valence-electron chi connectivity index (χ2n) is 4.74. The summed E-state index contributed by atoms with van der Waals surface area (Å²) in [7, 11) is 1.20. The van der Waals surface area contributed by atoms with Gasteiger partial charge in [-0.2, -0.15) is 5.06 Å². The van der Waals surface area contributed by atoms with Crippen molar-refractivity contribution in [2.75, 3.05) is 12.2 Å². The van der Waals surface area contributed by atoms with Gasteiger partial charge in [-0.15, -0.1) is 0 Å². The van der Waals surface area contributed by atoms with Gasteiger partial charge < -0.3 is 9.47 Å². The van der Waals surface area contributed by atoms with E-state index in [2.05, 4.69) is 27.3 Å². The van der Waals surface area contributed by atoms with Crippen molar-refractivity contribution in [2.45, 2.75) is 13.5 Å². The molecule has 2 aromatic carbocycles. The number of methoxy groups -OCH3 is 1. The van der Waals surface area contributed by atoms with E-state index in [0.29, 0.717) is 27.1 Å². The van der Waals surface area contributed by atoms with E-state index in [4.69, 9.17) is 16.3 Å². The molecule has 2 rings (SSSR count). The van der Waals surface area contributed by atoms with Crippen LogP contribution in [0.3, 0.4) is 0 Å². The Morgan fingerprint density at radius 2 is 2.09 bits per heavy atom. The van der Waals surface area contributed by atoms with Gasteiger partial charge in [-0.1, -0.05) is 23.7 Å². The standard InChI is InChI=1S/C16H15ClINO4/c1-10-6-7-15(12(17)8-10)23-9-11-13(18)4-3-5-14(11)19(21)16(20)22-2/h3-8,21H,9H2,1-2H3.